The molecule has 4 heterocycles. The van der Waals surface area contributed by atoms with Crippen LogP contribution in [0.5, 0.6) is 0 Å². The van der Waals surface area contributed by atoms with Crippen molar-refractivity contribution in [2.24, 2.45) is 16.0 Å². The number of carbonyl (C=O) groups excluding carboxylic acids is 1. The number of nitrogens with one attached hydrogen (secondary N) is 1. The molecule has 2 aromatic carbocycles. The molecule has 17 nitrogen and oxygen atoms in total. The molecule has 2 aliphatic rings. The van der Waals surface area contributed by atoms with Crippen LogP contribution in [0.2, 0.25) is 10.3 Å². The summed E-state index contributed by atoms with van der Waals surface area (Å²) in [7, 11) is -3.85. The van der Waals surface area contributed by atoms with E-state index in [2.05, 4.69) is 28.5 Å². The van der Waals surface area contributed by atoms with Crippen LogP contribution in [0.1, 0.15) is 59.2 Å². The van der Waals surface area contributed by atoms with Crippen molar-refractivity contribution in [2.45, 2.75) is 61.0 Å². The van der Waals surface area contributed by atoms with Gasteiger partial charge in [0.15, 0.2) is 11.6 Å². The predicted molar refractivity (Wildman–Crippen MR) is 260 cm³/mol. The zero-order valence-electron chi connectivity index (χ0n) is 39.5. The second-order valence-corrected chi connectivity index (χ2v) is 19.4. The van der Waals surface area contributed by atoms with E-state index in [4.69, 9.17) is 45.6 Å². The second-order valence-electron chi connectivity index (χ2n) is 15.5. The van der Waals surface area contributed by atoms with Gasteiger partial charge in [-0.05, 0) is 92.6 Å². The van der Waals surface area contributed by atoms with Gasteiger partial charge in [0, 0.05) is 53.3 Å². The molecule has 0 unspecified atom stereocenters. The molecule has 73 heavy (non-hydrogen) atoms. The number of primary sulfonamides is 1. The first kappa shape index (κ1) is 59.8. The Kier molecular flexibility index (Phi) is 21.8. The number of aromatic carboxylic acids is 1. The summed E-state index contributed by atoms with van der Waals surface area (Å²) in [5.41, 5.74) is -2.96. The number of alkyl halides is 7. The van der Waals surface area contributed by atoms with E-state index in [0.717, 1.165) is 0 Å². The third-order valence-electron chi connectivity index (χ3n) is 10.4. The zero-order valence-corrected chi connectivity index (χ0v) is 47.0. The van der Waals surface area contributed by atoms with Crippen molar-refractivity contribution in [2.75, 3.05) is 18.1 Å². The average Bonchev–Trinajstić information content (AvgIpc) is 4.22. The van der Waals surface area contributed by atoms with Gasteiger partial charge < -0.3 is 14.6 Å². The second kappa shape index (κ2) is 26.6. The Morgan fingerprint density at radius 2 is 1.12 bits per heavy atom. The first-order chi connectivity index (χ1) is 34.7. The van der Waals surface area contributed by atoms with Gasteiger partial charge in [-0.2, -0.15) is 36.5 Å². The van der Waals surface area contributed by atoms with Crippen molar-refractivity contribution in [1.82, 2.24) is 34.3 Å². The molecule has 0 aliphatic heterocycles. The molecule has 0 atom stereocenters. The van der Waals surface area contributed by atoms with Gasteiger partial charge in [-0.25, -0.2) is 50.8 Å². The topological polar surface area (TPSA) is 241 Å². The van der Waals surface area contributed by atoms with Crippen LogP contribution in [-0.4, -0.2) is 104 Å². The van der Waals surface area contributed by atoms with E-state index < -0.39 is 61.7 Å². The first-order valence-corrected chi connectivity index (χ1v) is 25.6. The third kappa shape index (κ3) is 17.2. The zero-order chi connectivity index (χ0) is 55.1. The average molecular weight is 1440 g/mol. The van der Waals surface area contributed by atoms with Crippen LogP contribution in [0.25, 0.3) is 11.6 Å². The van der Waals surface area contributed by atoms with Gasteiger partial charge in [0.2, 0.25) is 10.0 Å². The summed E-state index contributed by atoms with van der Waals surface area (Å²) in [4.78, 5) is 31.9. The fourth-order valence-corrected chi connectivity index (χ4v) is 8.02. The van der Waals surface area contributed by atoms with Crippen LogP contribution in [-0.2, 0) is 42.7 Å². The standard InChI is InChI=1S/C21H18ClF3N4O4S.C15H13ClF3N3O3.C6H7NO2S.CH3I.BH.U/c22-18-16(19(30)28-34(31,32)15-4-2-1-3-5-15)6-7-17(26-18)29-11-8-14(27-29)12-33-13-20(9-10-20)21(23,24)25;16-12-10(13(23)24)1-2-11(20-12)22-6-3-9(21-22)7-25-8-14(4-5-14)15(17,18)19;7-10(8,9)6-4-2-1-3-5-6;1-2;;/h1-8,11H,9-10,12-13H2,(H,28,30);1-3,6H,4-5,7-8H2,(H,23,24);1-5H,(H2,7,8,9);1H3;1H;/i;;;2*1D;. The molecule has 2 fully saturated rings. The molecular weight excluding hydrogens is 1400 g/mol. The molecule has 30 heteroatoms. The van der Waals surface area contributed by atoms with E-state index in [0.29, 0.717) is 16.3 Å². The summed E-state index contributed by atoms with van der Waals surface area (Å²) in [6.45, 7) is -0.994. The monoisotopic (exact) mass is 1440 g/mol. The Bertz CT molecular complexity index is 3060. The van der Waals surface area contributed by atoms with Crippen LogP contribution < -0.4 is 9.86 Å². The number of nitrogens with zero attached hydrogens (tertiary/aromatic N) is 6. The number of nitrogens with two attached hydrogens (primary N) is 1. The van der Waals surface area contributed by atoms with Gasteiger partial charge >= 0.3 is 18.3 Å². The molecule has 4 aromatic heterocycles. The number of hydrogen-bond acceptors (Lipinski definition) is 12. The number of amides is 1. The maximum Gasteiger partial charge on any atom is 0.396 e. The van der Waals surface area contributed by atoms with Gasteiger partial charge in [0.25, 0.3) is 15.9 Å². The van der Waals surface area contributed by atoms with Gasteiger partial charge in [0.1, 0.15) is 10.3 Å². The predicted octanol–water partition coefficient (Wildman–Crippen LogP) is 8.11. The van der Waals surface area contributed by atoms with Crippen LogP contribution >= 0.6 is 45.8 Å². The molecule has 8 rings (SSSR count). The number of ether oxygens (including phenoxy) is 2. The molecule has 6 aromatic rings. The van der Waals surface area contributed by atoms with E-state index in [1.807, 2.05) is 27.3 Å². The smallest absolute Gasteiger partial charge is 0.396 e. The van der Waals surface area contributed by atoms with Crippen LogP contribution in [0.3, 0.4) is 0 Å². The molecule has 0 spiro atoms. The normalized spacial score (nSPS) is 14.4. The van der Waals surface area contributed by atoms with E-state index in [1.54, 1.807) is 36.4 Å². The van der Waals surface area contributed by atoms with Gasteiger partial charge in [-0.1, -0.05) is 82.2 Å². The Labute approximate surface area is 466 Å². The number of aromatic nitrogens is 6. The maximum atomic E-state index is 13.0. The number of rotatable bonds is 15. The summed E-state index contributed by atoms with van der Waals surface area (Å²) in [5.74, 6) is -1.65. The Hall–Kier alpha value is -4.11. The third-order valence-corrected chi connectivity index (χ3v) is 13.3. The number of pyridine rings is 2. The Balaban J connectivity index is 0.000000315. The molecule has 2 aliphatic carbocycles. The maximum absolute atomic E-state index is 13.0. The molecule has 1 amide bonds. The number of carboxylic acid groups (broad SMARTS) is 1. The molecule has 390 valence electrons. The molecule has 0 saturated heterocycles. The van der Waals surface area contributed by atoms with Crippen LogP contribution in [0.15, 0.2) is 119 Å². The number of carboxylic acids is 1. The van der Waals surface area contributed by atoms with Gasteiger partial charge in [0.05, 0.1) is 69.6 Å². The van der Waals surface area contributed by atoms with Crippen molar-refractivity contribution < 1.29 is 99.8 Å². The molecule has 2 radical (unpaired) electrons. The van der Waals surface area contributed by atoms with Crippen molar-refractivity contribution in [3.05, 3.63) is 142 Å². The van der Waals surface area contributed by atoms with Crippen molar-refractivity contribution in [3.8, 4) is 11.6 Å². The van der Waals surface area contributed by atoms with Gasteiger partial charge in [-0.15, -0.1) is 0 Å². The van der Waals surface area contributed by atoms with Crippen LogP contribution in [0, 0.1) is 41.9 Å². The molecule has 0 bridgehead atoms. The van der Waals surface area contributed by atoms with E-state index in [9.17, 15) is 52.8 Å². The number of hydrogen-bond donors (Lipinski definition) is 3. The fourth-order valence-electron chi connectivity index (χ4n) is 6.03. The van der Waals surface area contributed by atoms with E-state index >= 15 is 0 Å². The van der Waals surface area contributed by atoms with Crippen molar-refractivity contribution >= 4 is 86.1 Å². The fraction of sp³-hybridized carbons (Fsp3) is 0.302. The van der Waals surface area contributed by atoms with Crippen molar-refractivity contribution in [1.29, 1.82) is 1.34 Å². The van der Waals surface area contributed by atoms with Gasteiger partial charge in [-0.3, -0.25) is 4.79 Å². The van der Waals surface area contributed by atoms with E-state index in [-0.39, 0.29) is 119 Å². The first-order valence-electron chi connectivity index (χ1n) is 21.5. The SMILES string of the molecule is NS(=O)(=O)c1ccccc1.O=C(NS(=O)(=O)c1ccccc1)c1ccc(-n2ccc(COCC3(C(F)(F)F)CC3)n2)nc1Cl.O=C(O)c1ccc(-n2ccc(COCC3(C(F)(F)F)CC3)n2)nc1Cl.[2H]CI.[2H][B].[U]. The Morgan fingerprint density at radius 1 is 0.740 bits per heavy atom. The summed E-state index contributed by atoms with van der Waals surface area (Å²) in [6.07, 6.45) is -5.21. The summed E-state index contributed by atoms with van der Waals surface area (Å²) in [5, 5.41) is 21.6. The van der Waals surface area contributed by atoms with Crippen molar-refractivity contribution in [3.63, 3.8) is 0 Å². The van der Waals surface area contributed by atoms with E-state index in [1.165, 1.54) is 82.4 Å². The molecule has 2 saturated carbocycles. The number of sulfonamides is 2. The molecular formula is C43H42BCl2F6IN8O9S2U. The minimum absolute atomic E-state index is 0. The Morgan fingerprint density at radius 3 is 1.45 bits per heavy atom. The summed E-state index contributed by atoms with van der Waals surface area (Å²) < 4.78 is 150. The molecule has 4 N–H and O–H groups in total. The summed E-state index contributed by atoms with van der Waals surface area (Å²) >= 11 is 13.9. The minimum atomic E-state index is -4.29. The minimum Gasteiger partial charge on any atom is -0.478 e. The quantitative estimate of drug-likeness (QED) is 0.0290. The number of halogens is 9. The van der Waals surface area contributed by atoms with Crippen LogP contribution in [0.4, 0.5) is 26.3 Å². The summed E-state index contributed by atoms with van der Waals surface area (Å²) in [6, 6.07) is 23.8. The number of carbonyl (C=O) groups is 2. The number of benzene rings is 2. The largest absolute Gasteiger partial charge is 0.478 e.